The van der Waals surface area contributed by atoms with E-state index in [2.05, 4.69) is 10.1 Å². The average Bonchev–Trinajstić information content (AvgIpc) is 2.64. The van der Waals surface area contributed by atoms with E-state index in [0.29, 0.717) is 6.54 Å². The number of rotatable bonds is 6. The molecule has 0 heterocycles. The molecule has 2 aromatic carbocycles. The summed E-state index contributed by atoms with van der Waals surface area (Å²) in [6.45, 7) is -0.0862. The Bertz CT molecular complexity index is 727. The van der Waals surface area contributed by atoms with Crippen molar-refractivity contribution in [2.24, 2.45) is 0 Å². The quantitative estimate of drug-likeness (QED) is 0.820. The number of carbonyl (C=O) groups excluding carboxylic acids is 3. The SMILES string of the molecule is COC(=O)c1ccccc1C(=O)OCC(=O)NCc1ccccc1. The molecule has 0 atom stereocenters. The zero-order valence-electron chi connectivity index (χ0n) is 13.2. The van der Waals surface area contributed by atoms with Crippen molar-refractivity contribution in [2.45, 2.75) is 6.54 Å². The third-order valence-electron chi connectivity index (χ3n) is 3.22. The van der Waals surface area contributed by atoms with Crippen molar-refractivity contribution >= 4 is 17.8 Å². The van der Waals surface area contributed by atoms with Gasteiger partial charge >= 0.3 is 11.9 Å². The maximum absolute atomic E-state index is 12.1. The number of methoxy groups -OCH3 is 1. The first-order valence-corrected chi connectivity index (χ1v) is 7.27. The van der Waals surface area contributed by atoms with Gasteiger partial charge in [0.15, 0.2) is 6.61 Å². The van der Waals surface area contributed by atoms with Crippen LogP contribution in [0.2, 0.25) is 0 Å². The predicted octanol–water partition coefficient (Wildman–Crippen LogP) is 1.95. The molecule has 0 aliphatic carbocycles. The van der Waals surface area contributed by atoms with Gasteiger partial charge < -0.3 is 14.8 Å². The Morgan fingerprint density at radius 1 is 0.875 bits per heavy atom. The van der Waals surface area contributed by atoms with Gasteiger partial charge in [-0.3, -0.25) is 4.79 Å². The van der Waals surface area contributed by atoms with Crippen LogP contribution in [-0.2, 0) is 20.8 Å². The molecule has 0 aliphatic heterocycles. The van der Waals surface area contributed by atoms with Gasteiger partial charge in [-0.15, -0.1) is 0 Å². The molecule has 0 unspecified atom stereocenters. The van der Waals surface area contributed by atoms with Crippen LogP contribution in [0.1, 0.15) is 26.3 Å². The van der Waals surface area contributed by atoms with Gasteiger partial charge in [0.2, 0.25) is 0 Å². The summed E-state index contributed by atoms with van der Waals surface area (Å²) < 4.78 is 9.57. The second-order valence-corrected chi connectivity index (χ2v) is 4.88. The fraction of sp³-hybridized carbons (Fsp3) is 0.167. The van der Waals surface area contributed by atoms with Gasteiger partial charge in [0.1, 0.15) is 0 Å². The Kier molecular flexibility index (Phi) is 6.08. The molecular weight excluding hydrogens is 310 g/mol. The van der Waals surface area contributed by atoms with E-state index >= 15 is 0 Å². The normalized spacial score (nSPS) is 9.88. The van der Waals surface area contributed by atoms with Crippen LogP contribution in [0.3, 0.4) is 0 Å². The lowest BCUT2D eigenvalue weighted by Crippen LogP contribution is -2.28. The smallest absolute Gasteiger partial charge is 0.339 e. The van der Waals surface area contributed by atoms with Crippen molar-refractivity contribution in [1.29, 1.82) is 0 Å². The highest BCUT2D eigenvalue weighted by atomic mass is 16.5. The molecule has 0 aromatic heterocycles. The highest BCUT2D eigenvalue weighted by Gasteiger charge is 2.18. The Labute approximate surface area is 139 Å². The number of carbonyl (C=O) groups is 3. The van der Waals surface area contributed by atoms with E-state index in [1.54, 1.807) is 12.1 Å². The Hall–Kier alpha value is -3.15. The van der Waals surface area contributed by atoms with Gasteiger partial charge in [0, 0.05) is 6.54 Å². The second kappa shape index (κ2) is 8.47. The molecule has 0 radical (unpaired) electrons. The summed E-state index contributed by atoms with van der Waals surface area (Å²) in [6.07, 6.45) is 0. The zero-order chi connectivity index (χ0) is 17.4. The number of hydrogen-bond acceptors (Lipinski definition) is 5. The van der Waals surface area contributed by atoms with Crippen LogP contribution in [0.25, 0.3) is 0 Å². The predicted molar refractivity (Wildman–Crippen MR) is 86.4 cm³/mol. The molecule has 24 heavy (non-hydrogen) atoms. The van der Waals surface area contributed by atoms with Crippen LogP contribution in [0, 0.1) is 0 Å². The van der Waals surface area contributed by atoms with Crippen LogP contribution < -0.4 is 5.32 Å². The van der Waals surface area contributed by atoms with Crippen LogP contribution in [0.5, 0.6) is 0 Å². The first-order chi connectivity index (χ1) is 11.6. The van der Waals surface area contributed by atoms with E-state index in [1.165, 1.54) is 19.2 Å². The van der Waals surface area contributed by atoms with Gasteiger partial charge in [0.05, 0.1) is 18.2 Å². The molecular formula is C18H17NO5. The summed E-state index contributed by atoms with van der Waals surface area (Å²) >= 11 is 0. The molecule has 0 fully saturated rings. The number of benzene rings is 2. The van der Waals surface area contributed by atoms with Gasteiger partial charge in [-0.25, -0.2) is 9.59 Å². The average molecular weight is 327 g/mol. The fourth-order valence-electron chi connectivity index (χ4n) is 2.01. The molecule has 1 N–H and O–H groups in total. The summed E-state index contributed by atoms with van der Waals surface area (Å²) in [5.41, 5.74) is 1.09. The van der Waals surface area contributed by atoms with E-state index < -0.39 is 24.5 Å². The van der Waals surface area contributed by atoms with Crippen LogP contribution in [0.15, 0.2) is 54.6 Å². The largest absolute Gasteiger partial charge is 0.465 e. The van der Waals surface area contributed by atoms with Gasteiger partial charge in [-0.05, 0) is 17.7 Å². The van der Waals surface area contributed by atoms with Crippen LogP contribution >= 0.6 is 0 Å². The van der Waals surface area contributed by atoms with E-state index in [0.717, 1.165) is 5.56 Å². The summed E-state index contributed by atoms with van der Waals surface area (Å²) in [5.74, 6) is -1.83. The highest BCUT2D eigenvalue weighted by molar-refractivity contribution is 6.03. The number of nitrogens with one attached hydrogen (secondary N) is 1. The molecule has 1 amide bonds. The van der Waals surface area contributed by atoms with Crippen LogP contribution in [0.4, 0.5) is 0 Å². The Morgan fingerprint density at radius 2 is 1.46 bits per heavy atom. The molecule has 0 saturated carbocycles. The van der Waals surface area contributed by atoms with E-state index in [9.17, 15) is 14.4 Å². The Morgan fingerprint density at radius 3 is 2.08 bits per heavy atom. The molecule has 0 aliphatic rings. The summed E-state index contributed by atoms with van der Waals surface area (Å²) in [5, 5.41) is 2.65. The standard InChI is InChI=1S/C18H17NO5/c1-23-17(21)14-9-5-6-10-15(14)18(22)24-12-16(20)19-11-13-7-3-2-4-8-13/h2-10H,11-12H2,1H3,(H,19,20). The fourth-order valence-corrected chi connectivity index (χ4v) is 2.01. The van der Waals surface area contributed by atoms with Crippen molar-refractivity contribution in [2.75, 3.05) is 13.7 Å². The van der Waals surface area contributed by atoms with Gasteiger partial charge in [0.25, 0.3) is 5.91 Å². The third-order valence-corrected chi connectivity index (χ3v) is 3.22. The summed E-state index contributed by atoms with van der Waals surface area (Å²) in [4.78, 5) is 35.4. The first-order valence-electron chi connectivity index (χ1n) is 7.27. The maximum atomic E-state index is 12.1. The van der Waals surface area contributed by atoms with Crippen molar-refractivity contribution in [3.63, 3.8) is 0 Å². The van der Waals surface area contributed by atoms with Crippen LogP contribution in [-0.4, -0.2) is 31.6 Å². The molecule has 6 nitrogen and oxygen atoms in total. The topological polar surface area (TPSA) is 81.7 Å². The van der Waals surface area contributed by atoms with Gasteiger partial charge in [-0.1, -0.05) is 42.5 Å². The molecule has 0 bridgehead atoms. The zero-order valence-corrected chi connectivity index (χ0v) is 13.2. The number of esters is 2. The van der Waals surface area contributed by atoms with Crippen molar-refractivity contribution < 1.29 is 23.9 Å². The summed E-state index contributed by atoms with van der Waals surface area (Å²) in [7, 11) is 1.22. The monoisotopic (exact) mass is 327 g/mol. The molecule has 6 heteroatoms. The first kappa shape index (κ1) is 17.2. The minimum Gasteiger partial charge on any atom is -0.465 e. The summed E-state index contributed by atoms with van der Waals surface area (Å²) in [6, 6.07) is 15.5. The van der Waals surface area contributed by atoms with Crippen molar-refractivity contribution in [1.82, 2.24) is 5.32 Å². The maximum Gasteiger partial charge on any atom is 0.339 e. The van der Waals surface area contributed by atoms with E-state index in [1.807, 2.05) is 30.3 Å². The lowest BCUT2D eigenvalue weighted by Gasteiger charge is -2.09. The van der Waals surface area contributed by atoms with Crippen molar-refractivity contribution in [3.05, 3.63) is 71.3 Å². The van der Waals surface area contributed by atoms with E-state index in [-0.39, 0.29) is 11.1 Å². The molecule has 2 aromatic rings. The van der Waals surface area contributed by atoms with Crippen molar-refractivity contribution in [3.8, 4) is 0 Å². The van der Waals surface area contributed by atoms with Gasteiger partial charge in [-0.2, -0.15) is 0 Å². The minimum atomic E-state index is -0.758. The number of ether oxygens (including phenoxy) is 2. The molecule has 0 saturated heterocycles. The number of amides is 1. The van der Waals surface area contributed by atoms with E-state index in [4.69, 9.17) is 4.74 Å². The Balaban J connectivity index is 1.89. The molecule has 124 valence electrons. The number of hydrogen-bond donors (Lipinski definition) is 1. The molecule has 0 spiro atoms. The third kappa shape index (κ3) is 4.67. The lowest BCUT2D eigenvalue weighted by molar-refractivity contribution is -0.124. The molecule has 2 rings (SSSR count). The highest BCUT2D eigenvalue weighted by Crippen LogP contribution is 2.11. The lowest BCUT2D eigenvalue weighted by atomic mass is 10.1. The minimum absolute atomic E-state index is 0.0557. The second-order valence-electron chi connectivity index (χ2n) is 4.88.